The summed E-state index contributed by atoms with van der Waals surface area (Å²) in [5, 5.41) is 1.94. The van der Waals surface area contributed by atoms with E-state index in [-0.39, 0.29) is 29.4 Å². The summed E-state index contributed by atoms with van der Waals surface area (Å²) in [6.07, 6.45) is 4.52. The van der Waals surface area contributed by atoms with E-state index in [1.54, 1.807) is 0 Å². The summed E-state index contributed by atoms with van der Waals surface area (Å²) in [6.45, 7) is 5.35. The van der Waals surface area contributed by atoms with E-state index in [0.29, 0.717) is 13.1 Å². The Kier molecular flexibility index (Phi) is 4.58. The lowest BCUT2D eigenvalue weighted by molar-refractivity contribution is -0.154. The average molecular weight is 362 g/mol. The van der Waals surface area contributed by atoms with E-state index >= 15 is 0 Å². The Labute approximate surface area is 152 Å². The number of carbonyl (C=O) groups is 2. The first-order chi connectivity index (χ1) is 12.1. The molecule has 3 fully saturated rings. The van der Waals surface area contributed by atoms with Crippen molar-refractivity contribution in [3.8, 4) is 0 Å². The van der Waals surface area contributed by atoms with Crippen molar-refractivity contribution in [1.29, 1.82) is 0 Å². The third-order valence-electron chi connectivity index (χ3n) is 6.12. The number of ether oxygens (including phenoxy) is 1. The predicted molar refractivity (Wildman–Crippen MR) is 96.7 cm³/mol. The normalized spacial score (nSPS) is 32.5. The van der Waals surface area contributed by atoms with Crippen molar-refractivity contribution in [1.82, 2.24) is 9.80 Å². The molecule has 4 heterocycles. The number of nitrogens with zero attached hydrogens (tertiary/aromatic N) is 2. The Morgan fingerprint density at radius 1 is 1.20 bits per heavy atom. The lowest BCUT2D eigenvalue weighted by atomic mass is 9.80. The maximum absolute atomic E-state index is 12.6. The topological polar surface area (TPSA) is 49.9 Å². The number of carbonyl (C=O) groups excluding carboxylic acids is 2. The molecule has 0 N–H and O–H groups in total. The van der Waals surface area contributed by atoms with E-state index in [9.17, 15) is 9.59 Å². The molecular weight excluding hydrogens is 336 g/mol. The molecule has 3 saturated heterocycles. The summed E-state index contributed by atoms with van der Waals surface area (Å²) >= 11 is 1.50. The Balaban J connectivity index is 1.39. The summed E-state index contributed by atoms with van der Waals surface area (Å²) in [4.78, 5) is 29.9. The van der Waals surface area contributed by atoms with Crippen LogP contribution in [-0.4, -0.2) is 59.5 Å². The van der Waals surface area contributed by atoms with Crippen molar-refractivity contribution in [3.05, 3.63) is 22.4 Å². The van der Waals surface area contributed by atoms with E-state index in [4.69, 9.17) is 4.74 Å². The van der Waals surface area contributed by atoms with Crippen molar-refractivity contribution in [3.63, 3.8) is 0 Å². The molecule has 3 aliphatic rings. The Morgan fingerprint density at radius 2 is 2.00 bits per heavy atom. The average Bonchev–Trinajstić information content (AvgIpc) is 3.38. The van der Waals surface area contributed by atoms with Gasteiger partial charge in [0.15, 0.2) is 0 Å². The zero-order valence-electron chi connectivity index (χ0n) is 14.8. The number of hydrogen-bond donors (Lipinski definition) is 0. The number of piperidine rings is 1. The van der Waals surface area contributed by atoms with Gasteiger partial charge in [0.25, 0.3) is 11.8 Å². The second kappa shape index (κ2) is 6.72. The lowest BCUT2D eigenvalue weighted by Gasteiger charge is -2.44. The summed E-state index contributed by atoms with van der Waals surface area (Å²) in [7, 11) is 0. The van der Waals surface area contributed by atoms with Crippen molar-refractivity contribution in [2.45, 2.75) is 50.7 Å². The molecule has 1 spiro atoms. The molecule has 3 atom stereocenters. The van der Waals surface area contributed by atoms with Crippen LogP contribution in [0.25, 0.3) is 0 Å². The highest BCUT2D eigenvalue weighted by Crippen LogP contribution is 2.43. The first kappa shape index (κ1) is 17.0. The van der Waals surface area contributed by atoms with E-state index < -0.39 is 0 Å². The fourth-order valence-corrected chi connectivity index (χ4v) is 5.23. The molecule has 0 aliphatic carbocycles. The van der Waals surface area contributed by atoms with Crippen molar-refractivity contribution in [2.75, 3.05) is 26.2 Å². The molecule has 136 valence electrons. The number of amides is 2. The second-order valence-electron chi connectivity index (χ2n) is 7.62. The van der Waals surface area contributed by atoms with Crippen LogP contribution in [0.15, 0.2) is 17.5 Å². The van der Waals surface area contributed by atoms with E-state index in [0.717, 1.165) is 50.1 Å². The second-order valence-corrected chi connectivity index (χ2v) is 8.57. The molecule has 6 heteroatoms. The molecule has 25 heavy (non-hydrogen) atoms. The molecule has 1 aromatic heterocycles. The summed E-state index contributed by atoms with van der Waals surface area (Å²) < 4.78 is 6.37. The Hall–Kier alpha value is -1.40. The maximum atomic E-state index is 12.6. The minimum absolute atomic E-state index is 0.124. The number of hydrogen-bond acceptors (Lipinski definition) is 4. The molecule has 5 nitrogen and oxygen atoms in total. The van der Waals surface area contributed by atoms with Gasteiger partial charge in [0.2, 0.25) is 0 Å². The molecule has 0 saturated carbocycles. The van der Waals surface area contributed by atoms with Gasteiger partial charge in [0.1, 0.15) is 6.10 Å². The van der Waals surface area contributed by atoms with Gasteiger partial charge in [0.05, 0.1) is 10.5 Å². The molecular formula is C19H26N2O3S. The van der Waals surface area contributed by atoms with Crippen LogP contribution in [0.4, 0.5) is 0 Å². The van der Waals surface area contributed by atoms with Crippen LogP contribution >= 0.6 is 11.3 Å². The zero-order valence-corrected chi connectivity index (χ0v) is 15.6. The first-order valence-corrected chi connectivity index (χ1v) is 10.3. The Morgan fingerprint density at radius 3 is 2.68 bits per heavy atom. The molecule has 3 aliphatic heterocycles. The lowest BCUT2D eigenvalue weighted by Crippen LogP contribution is -2.53. The maximum Gasteiger partial charge on any atom is 0.263 e. The van der Waals surface area contributed by atoms with Gasteiger partial charge in [-0.15, -0.1) is 11.3 Å². The van der Waals surface area contributed by atoms with Crippen LogP contribution in [-0.2, 0) is 9.53 Å². The monoisotopic (exact) mass is 362 g/mol. The summed E-state index contributed by atoms with van der Waals surface area (Å²) in [5.41, 5.74) is -0.230. The fraction of sp³-hybridized carbons (Fsp3) is 0.684. The third-order valence-corrected chi connectivity index (χ3v) is 6.97. The minimum atomic E-state index is -0.278. The zero-order chi connectivity index (χ0) is 17.4. The van der Waals surface area contributed by atoms with Gasteiger partial charge in [-0.05, 0) is 43.6 Å². The van der Waals surface area contributed by atoms with Crippen LogP contribution in [0.5, 0.6) is 0 Å². The van der Waals surface area contributed by atoms with E-state index in [2.05, 4.69) is 6.92 Å². The predicted octanol–water partition coefficient (Wildman–Crippen LogP) is 2.77. The van der Waals surface area contributed by atoms with E-state index in [1.807, 2.05) is 27.3 Å². The molecule has 0 aromatic carbocycles. The molecule has 4 rings (SSSR count). The van der Waals surface area contributed by atoms with Crippen LogP contribution in [0, 0.1) is 5.92 Å². The van der Waals surface area contributed by atoms with Crippen molar-refractivity contribution < 1.29 is 14.3 Å². The highest BCUT2D eigenvalue weighted by Gasteiger charge is 2.50. The Bertz CT molecular complexity index is 641. The SMILES string of the molecule is C[C@@H]1CN(C(=O)c2cccs2)CC[C@]12CC[C@@H](C(=O)N1CCCC1)O2. The highest BCUT2D eigenvalue weighted by atomic mass is 32.1. The van der Waals surface area contributed by atoms with Gasteiger partial charge in [0, 0.05) is 32.1 Å². The standard InChI is InChI=1S/C19H26N2O3S/c1-14-13-21(18(23)16-5-4-12-25-16)11-8-19(14)7-6-15(24-19)17(22)20-9-2-3-10-20/h4-5,12,14-15H,2-3,6-11,13H2,1H3/t14-,15+,19-/m1/s1. The number of thiophene rings is 1. The largest absolute Gasteiger partial charge is 0.362 e. The van der Waals surface area contributed by atoms with Crippen molar-refractivity contribution in [2.24, 2.45) is 5.92 Å². The summed E-state index contributed by atoms with van der Waals surface area (Å²) in [5.74, 6) is 0.555. The van der Waals surface area contributed by atoms with Gasteiger partial charge in [-0.25, -0.2) is 0 Å². The highest BCUT2D eigenvalue weighted by molar-refractivity contribution is 7.12. The van der Waals surface area contributed by atoms with Gasteiger partial charge >= 0.3 is 0 Å². The molecule has 0 bridgehead atoms. The summed E-state index contributed by atoms with van der Waals surface area (Å²) in [6, 6.07) is 3.81. The molecule has 0 radical (unpaired) electrons. The molecule has 2 amide bonds. The number of likely N-dealkylation sites (tertiary alicyclic amines) is 2. The fourth-order valence-electron chi connectivity index (χ4n) is 4.54. The van der Waals surface area contributed by atoms with Crippen LogP contribution in [0.1, 0.15) is 48.7 Å². The molecule has 0 unspecified atom stereocenters. The number of rotatable bonds is 2. The van der Waals surface area contributed by atoms with Gasteiger partial charge in [-0.1, -0.05) is 13.0 Å². The van der Waals surface area contributed by atoms with Crippen LogP contribution < -0.4 is 0 Å². The van der Waals surface area contributed by atoms with Gasteiger partial charge < -0.3 is 14.5 Å². The first-order valence-electron chi connectivity index (χ1n) is 9.38. The van der Waals surface area contributed by atoms with E-state index in [1.165, 1.54) is 11.3 Å². The third kappa shape index (κ3) is 3.10. The van der Waals surface area contributed by atoms with Gasteiger partial charge in [-0.2, -0.15) is 0 Å². The quantitative estimate of drug-likeness (QED) is 0.813. The smallest absolute Gasteiger partial charge is 0.263 e. The van der Waals surface area contributed by atoms with Gasteiger partial charge in [-0.3, -0.25) is 9.59 Å². The van der Waals surface area contributed by atoms with Crippen LogP contribution in [0.3, 0.4) is 0 Å². The van der Waals surface area contributed by atoms with Crippen LogP contribution in [0.2, 0.25) is 0 Å². The molecule has 1 aromatic rings. The van der Waals surface area contributed by atoms with Crippen molar-refractivity contribution >= 4 is 23.2 Å². The minimum Gasteiger partial charge on any atom is -0.362 e.